The molecule has 0 aromatic heterocycles. The van der Waals surface area contributed by atoms with Gasteiger partial charge in [0, 0.05) is 0 Å². The van der Waals surface area contributed by atoms with E-state index in [1.165, 1.54) is 0 Å². The van der Waals surface area contributed by atoms with Crippen LogP contribution in [0, 0.1) is 0 Å². The summed E-state index contributed by atoms with van der Waals surface area (Å²) in [7, 11) is 0. The molecule has 0 N–H and O–H groups in total. The van der Waals surface area contributed by atoms with Crippen molar-refractivity contribution in [2.75, 3.05) is 0 Å². The van der Waals surface area contributed by atoms with Crippen molar-refractivity contribution in [1.29, 1.82) is 0 Å². The van der Waals surface area contributed by atoms with Gasteiger partial charge in [-0.1, -0.05) is 0 Å². The maximum Gasteiger partial charge on any atom is 0.360 e. The molecule has 0 saturated carbocycles. The summed E-state index contributed by atoms with van der Waals surface area (Å²) in [6.45, 7) is 0. The molecule has 0 fully saturated rings. The topological polar surface area (TPSA) is 0 Å². The molecule has 0 nitrogen and oxygen atoms in total. The van der Waals surface area contributed by atoms with Crippen LogP contribution in [0.25, 0.3) is 0 Å². The molecule has 0 heterocycles. The highest BCUT2D eigenvalue weighted by atomic mass is 19.3. The highest BCUT2D eigenvalue weighted by Crippen LogP contribution is 2.31. The number of rotatable bonds is 2. The second-order valence-electron chi connectivity index (χ2n) is 1.38. The van der Waals surface area contributed by atoms with Gasteiger partial charge in [-0.05, 0) is 0 Å². The van der Waals surface area contributed by atoms with Gasteiger partial charge < -0.3 is 0 Å². The Morgan fingerprint density at radius 3 is 1.80 bits per heavy atom. The zero-order valence-corrected chi connectivity index (χ0v) is 4.42. The van der Waals surface area contributed by atoms with E-state index in [0.29, 0.717) is 0 Å². The van der Waals surface area contributed by atoms with Crippen molar-refractivity contribution < 1.29 is 26.3 Å². The third-order valence-corrected chi connectivity index (χ3v) is 0.688. The molecule has 0 saturated heterocycles. The fourth-order valence-corrected chi connectivity index (χ4v) is 0.177. The predicted molar refractivity (Wildman–Crippen MR) is 21.2 cm³/mol. The molecular formula is C4H2F6. The Balaban J connectivity index is 4.40. The molecule has 60 valence electrons. The summed E-state index contributed by atoms with van der Waals surface area (Å²) in [5.41, 5.74) is 0. The molecule has 0 atom stereocenters. The van der Waals surface area contributed by atoms with E-state index in [0.717, 1.165) is 0 Å². The minimum absolute atomic E-state index is 1.19. The van der Waals surface area contributed by atoms with Crippen molar-refractivity contribution in [3.05, 3.63) is 12.2 Å². The van der Waals surface area contributed by atoms with Gasteiger partial charge in [-0.3, -0.25) is 0 Å². The molecule has 0 rings (SSSR count). The van der Waals surface area contributed by atoms with Crippen LogP contribution < -0.4 is 0 Å². The van der Waals surface area contributed by atoms with Crippen molar-refractivity contribution in [1.82, 2.24) is 0 Å². The van der Waals surface area contributed by atoms with Crippen LogP contribution in [0.1, 0.15) is 0 Å². The third-order valence-electron chi connectivity index (χ3n) is 0.688. The van der Waals surface area contributed by atoms with Gasteiger partial charge in [-0.25, -0.2) is 17.6 Å². The van der Waals surface area contributed by atoms with Crippen molar-refractivity contribution in [2.45, 2.75) is 12.3 Å². The molecular weight excluding hydrogens is 162 g/mol. The lowest BCUT2D eigenvalue weighted by molar-refractivity contribution is -0.113. The molecule has 0 amide bonds. The first-order valence-corrected chi connectivity index (χ1v) is 2.05. The van der Waals surface area contributed by atoms with Crippen LogP contribution in [0.2, 0.25) is 0 Å². The van der Waals surface area contributed by atoms with Gasteiger partial charge in [0.25, 0.3) is 0 Å². The van der Waals surface area contributed by atoms with Crippen molar-refractivity contribution >= 4 is 0 Å². The Labute approximate surface area is 52.1 Å². The molecule has 0 spiro atoms. The Kier molecular flexibility index (Phi) is 2.74. The van der Waals surface area contributed by atoms with Crippen LogP contribution in [-0.4, -0.2) is 12.3 Å². The highest BCUT2D eigenvalue weighted by molar-refractivity contribution is 5.01. The summed E-state index contributed by atoms with van der Waals surface area (Å²) in [6.07, 6.45) is -5.41. The maximum absolute atomic E-state index is 11.5. The first-order chi connectivity index (χ1) is 4.42. The molecule has 0 aliphatic rings. The van der Waals surface area contributed by atoms with E-state index in [1.807, 2.05) is 0 Å². The quantitative estimate of drug-likeness (QED) is 0.550. The van der Waals surface area contributed by atoms with Crippen LogP contribution in [0.15, 0.2) is 12.2 Å². The second kappa shape index (κ2) is 2.94. The molecule has 0 bridgehead atoms. The predicted octanol–water partition coefficient (Wildman–Crippen LogP) is 2.67. The normalized spacial score (nSPS) is 14.5. The fourth-order valence-electron chi connectivity index (χ4n) is 0.177. The third kappa shape index (κ3) is 1.65. The molecule has 10 heavy (non-hydrogen) atoms. The number of halogens is 6. The molecule has 0 radical (unpaired) electrons. The zero-order chi connectivity index (χ0) is 8.36. The second-order valence-corrected chi connectivity index (χ2v) is 1.38. The number of hydrogen-bond donors (Lipinski definition) is 0. The smallest absolute Gasteiger partial charge is 0.212 e. The summed E-state index contributed by atoms with van der Waals surface area (Å²) < 4.78 is 67.4. The van der Waals surface area contributed by atoms with E-state index >= 15 is 0 Å². The van der Waals surface area contributed by atoms with Crippen LogP contribution >= 0.6 is 0 Å². The average molecular weight is 164 g/mol. The Morgan fingerprint density at radius 2 is 1.70 bits per heavy atom. The molecule has 0 aliphatic heterocycles. The van der Waals surface area contributed by atoms with E-state index in [1.54, 1.807) is 0 Å². The van der Waals surface area contributed by atoms with Gasteiger partial charge in [-0.2, -0.15) is 8.78 Å². The van der Waals surface area contributed by atoms with Crippen molar-refractivity contribution in [2.24, 2.45) is 0 Å². The summed E-state index contributed by atoms with van der Waals surface area (Å²) in [5, 5.41) is 0. The van der Waals surface area contributed by atoms with E-state index in [4.69, 9.17) is 0 Å². The minimum atomic E-state index is -5.01. The van der Waals surface area contributed by atoms with Gasteiger partial charge in [0.15, 0.2) is 0 Å². The van der Waals surface area contributed by atoms with Crippen LogP contribution in [-0.2, 0) is 0 Å². The van der Waals surface area contributed by atoms with E-state index < -0.39 is 24.5 Å². The summed E-state index contributed by atoms with van der Waals surface area (Å²) in [4.78, 5) is 0. The highest BCUT2D eigenvalue weighted by Gasteiger charge is 2.46. The summed E-state index contributed by atoms with van der Waals surface area (Å²) >= 11 is 0. The van der Waals surface area contributed by atoms with Gasteiger partial charge in [0.05, 0.1) is 0 Å². The van der Waals surface area contributed by atoms with Crippen molar-refractivity contribution in [3.63, 3.8) is 0 Å². The van der Waals surface area contributed by atoms with Crippen molar-refractivity contribution in [3.8, 4) is 0 Å². The molecule has 0 aromatic rings. The first-order valence-electron chi connectivity index (χ1n) is 2.05. The SMILES string of the molecule is FC=C(F)C(F)(F)C(F)F. The Bertz CT molecular complexity index is 137. The fraction of sp³-hybridized carbons (Fsp3) is 0.500. The number of alkyl halides is 4. The van der Waals surface area contributed by atoms with Crippen LogP contribution in [0.4, 0.5) is 26.3 Å². The maximum atomic E-state index is 11.5. The standard InChI is InChI=1S/C4H2F6/c5-1-2(6)4(9,10)3(7)8/h1,3H. The van der Waals surface area contributed by atoms with Gasteiger partial charge in [0.1, 0.15) is 6.33 Å². The summed E-state index contributed by atoms with van der Waals surface area (Å²) in [5.74, 6) is -7.77. The molecule has 0 aromatic carbocycles. The lowest BCUT2D eigenvalue weighted by atomic mass is 10.3. The number of allylic oxidation sites excluding steroid dienone is 1. The largest absolute Gasteiger partial charge is 0.360 e. The van der Waals surface area contributed by atoms with E-state index in [9.17, 15) is 26.3 Å². The number of hydrogen-bond acceptors (Lipinski definition) is 0. The van der Waals surface area contributed by atoms with E-state index in [-0.39, 0.29) is 0 Å². The van der Waals surface area contributed by atoms with Crippen LogP contribution in [0.5, 0.6) is 0 Å². The monoisotopic (exact) mass is 164 g/mol. The molecule has 0 aliphatic carbocycles. The summed E-state index contributed by atoms with van der Waals surface area (Å²) in [6, 6.07) is 0. The molecule has 6 heteroatoms. The lowest BCUT2D eigenvalue weighted by Gasteiger charge is -2.10. The Morgan fingerprint density at radius 1 is 1.30 bits per heavy atom. The first kappa shape index (κ1) is 9.32. The molecule has 0 unspecified atom stereocenters. The van der Waals surface area contributed by atoms with Gasteiger partial charge in [-0.15, -0.1) is 0 Å². The van der Waals surface area contributed by atoms with Gasteiger partial charge >= 0.3 is 12.3 Å². The average Bonchev–Trinajstić information content (AvgIpc) is 1.86. The van der Waals surface area contributed by atoms with E-state index in [2.05, 4.69) is 0 Å². The zero-order valence-electron chi connectivity index (χ0n) is 4.42. The minimum Gasteiger partial charge on any atom is -0.212 e. The van der Waals surface area contributed by atoms with Gasteiger partial charge in [0.2, 0.25) is 5.83 Å². The lowest BCUT2D eigenvalue weighted by Crippen LogP contribution is -2.26. The van der Waals surface area contributed by atoms with Crippen LogP contribution in [0.3, 0.4) is 0 Å². The Hall–Kier alpha value is -0.680.